The molecule has 0 spiro atoms. The summed E-state index contributed by atoms with van der Waals surface area (Å²) in [6, 6.07) is 6.07. The minimum atomic E-state index is -1.20. The third kappa shape index (κ3) is 3.64. The van der Waals surface area contributed by atoms with E-state index in [1.54, 1.807) is 31.2 Å². The van der Waals surface area contributed by atoms with Crippen molar-refractivity contribution >= 4 is 29.4 Å². The average Bonchev–Trinajstić information content (AvgIpc) is 2.62. The molecule has 0 aromatic heterocycles. The van der Waals surface area contributed by atoms with Gasteiger partial charge in [-0.05, 0) is 45.4 Å². The number of hydrogen-bond donors (Lipinski definition) is 2. The molecule has 4 amide bonds. The van der Waals surface area contributed by atoms with Crippen molar-refractivity contribution in [3.8, 4) is 0 Å². The number of nitrogens with one attached hydrogen (secondary N) is 2. The van der Waals surface area contributed by atoms with Crippen molar-refractivity contribution in [2.24, 2.45) is 0 Å². The summed E-state index contributed by atoms with van der Waals surface area (Å²) in [4.78, 5) is 37.7. The van der Waals surface area contributed by atoms with Gasteiger partial charge in [-0.2, -0.15) is 0 Å². The van der Waals surface area contributed by atoms with E-state index in [2.05, 4.69) is 10.6 Å². The highest BCUT2D eigenvalue weighted by Crippen LogP contribution is 2.29. The zero-order valence-corrected chi connectivity index (χ0v) is 14.3. The SMILES string of the molecule is CC(C)(C)NC(=O)CN1C(=O)NC(C)(c2ccc(Cl)cc2)C1=O. The molecule has 0 aliphatic carbocycles. The maximum absolute atomic E-state index is 12.7. The first-order valence-electron chi connectivity index (χ1n) is 7.24. The number of amides is 4. The molecule has 1 aliphatic heterocycles. The summed E-state index contributed by atoms with van der Waals surface area (Å²) in [6.45, 7) is 6.78. The maximum Gasteiger partial charge on any atom is 0.325 e. The minimum absolute atomic E-state index is 0.314. The van der Waals surface area contributed by atoms with Crippen LogP contribution in [-0.4, -0.2) is 34.8 Å². The molecule has 2 rings (SSSR count). The predicted octanol–water partition coefficient (Wildman–Crippen LogP) is 2.02. The number of benzene rings is 1. The summed E-state index contributed by atoms with van der Waals surface area (Å²) in [5.41, 5.74) is -1.03. The standard InChI is InChI=1S/C16H20ClN3O3/c1-15(2,3)18-12(21)9-20-13(22)16(4,19-14(20)23)10-5-7-11(17)8-6-10/h5-8H,9H2,1-4H3,(H,18,21)(H,19,23). The van der Waals surface area contributed by atoms with Gasteiger partial charge in [0.15, 0.2) is 0 Å². The molecule has 0 radical (unpaired) electrons. The number of rotatable bonds is 3. The molecule has 7 heteroatoms. The van der Waals surface area contributed by atoms with E-state index in [9.17, 15) is 14.4 Å². The van der Waals surface area contributed by atoms with Crippen LogP contribution >= 0.6 is 11.6 Å². The molecule has 2 N–H and O–H groups in total. The Morgan fingerprint density at radius 3 is 2.35 bits per heavy atom. The molecule has 1 aromatic rings. The topological polar surface area (TPSA) is 78.5 Å². The Morgan fingerprint density at radius 1 is 1.26 bits per heavy atom. The molecule has 1 heterocycles. The van der Waals surface area contributed by atoms with E-state index in [0.29, 0.717) is 10.6 Å². The molecule has 0 bridgehead atoms. The maximum atomic E-state index is 12.7. The summed E-state index contributed by atoms with van der Waals surface area (Å²) in [5, 5.41) is 5.92. The predicted molar refractivity (Wildman–Crippen MR) is 86.9 cm³/mol. The smallest absolute Gasteiger partial charge is 0.325 e. The highest BCUT2D eigenvalue weighted by molar-refractivity contribution is 6.30. The van der Waals surface area contributed by atoms with Crippen LogP contribution in [0.5, 0.6) is 0 Å². The van der Waals surface area contributed by atoms with Crippen molar-refractivity contribution in [3.05, 3.63) is 34.9 Å². The highest BCUT2D eigenvalue weighted by atomic mass is 35.5. The van der Waals surface area contributed by atoms with Crippen LogP contribution in [-0.2, 0) is 15.1 Å². The first-order chi connectivity index (χ1) is 10.5. The Morgan fingerprint density at radius 2 is 1.83 bits per heavy atom. The number of hydrogen-bond acceptors (Lipinski definition) is 3. The van der Waals surface area contributed by atoms with Crippen molar-refractivity contribution in [1.29, 1.82) is 0 Å². The van der Waals surface area contributed by atoms with Gasteiger partial charge in [0.05, 0.1) is 0 Å². The lowest BCUT2D eigenvalue weighted by molar-refractivity contribution is -0.135. The normalized spacial score (nSPS) is 21.3. The molecule has 1 aliphatic rings. The summed E-state index contributed by atoms with van der Waals surface area (Å²) < 4.78 is 0. The second kappa shape index (κ2) is 5.85. The van der Waals surface area contributed by atoms with Gasteiger partial charge < -0.3 is 10.6 Å². The van der Waals surface area contributed by atoms with Crippen LogP contribution in [0, 0.1) is 0 Å². The van der Waals surface area contributed by atoms with Crippen LogP contribution in [0.15, 0.2) is 24.3 Å². The largest absolute Gasteiger partial charge is 0.350 e. The molecule has 124 valence electrons. The fraction of sp³-hybridized carbons (Fsp3) is 0.438. The van der Waals surface area contributed by atoms with Gasteiger partial charge in [-0.15, -0.1) is 0 Å². The van der Waals surface area contributed by atoms with Gasteiger partial charge in [0, 0.05) is 10.6 Å². The second-order valence-corrected chi connectivity index (χ2v) is 7.19. The number of urea groups is 1. The van der Waals surface area contributed by atoms with Gasteiger partial charge >= 0.3 is 6.03 Å². The molecule has 23 heavy (non-hydrogen) atoms. The lowest BCUT2D eigenvalue weighted by Crippen LogP contribution is -2.48. The van der Waals surface area contributed by atoms with E-state index < -0.39 is 23.0 Å². The van der Waals surface area contributed by atoms with E-state index in [-0.39, 0.29) is 12.5 Å². The fourth-order valence-corrected chi connectivity index (χ4v) is 2.55. The quantitative estimate of drug-likeness (QED) is 0.828. The molecular weight excluding hydrogens is 318 g/mol. The van der Waals surface area contributed by atoms with Gasteiger partial charge in [-0.1, -0.05) is 23.7 Å². The van der Waals surface area contributed by atoms with Gasteiger partial charge in [0.2, 0.25) is 5.91 Å². The van der Waals surface area contributed by atoms with Crippen molar-refractivity contribution < 1.29 is 14.4 Å². The van der Waals surface area contributed by atoms with Crippen molar-refractivity contribution in [2.45, 2.75) is 38.8 Å². The third-order valence-corrected chi connectivity index (χ3v) is 3.76. The Labute approximate surface area is 140 Å². The Balaban J connectivity index is 2.19. The number of nitrogens with zero attached hydrogens (tertiary/aromatic N) is 1. The van der Waals surface area contributed by atoms with Gasteiger partial charge in [0.25, 0.3) is 5.91 Å². The summed E-state index contributed by atoms with van der Waals surface area (Å²) in [6.07, 6.45) is 0. The summed E-state index contributed by atoms with van der Waals surface area (Å²) in [5.74, 6) is -0.852. The fourth-order valence-electron chi connectivity index (χ4n) is 2.42. The summed E-state index contributed by atoms with van der Waals surface area (Å²) in [7, 11) is 0. The molecule has 1 saturated heterocycles. The van der Waals surface area contributed by atoms with E-state index in [0.717, 1.165) is 4.90 Å². The lowest BCUT2D eigenvalue weighted by atomic mass is 9.92. The van der Waals surface area contributed by atoms with Gasteiger partial charge in [0.1, 0.15) is 12.1 Å². The monoisotopic (exact) mass is 337 g/mol. The highest BCUT2D eigenvalue weighted by Gasteiger charge is 2.49. The average molecular weight is 338 g/mol. The first kappa shape index (κ1) is 17.3. The number of halogens is 1. The lowest BCUT2D eigenvalue weighted by Gasteiger charge is -2.24. The van der Waals surface area contributed by atoms with Crippen LogP contribution < -0.4 is 10.6 Å². The first-order valence-corrected chi connectivity index (χ1v) is 7.62. The number of imide groups is 1. The van der Waals surface area contributed by atoms with E-state index in [4.69, 9.17) is 11.6 Å². The minimum Gasteiger partial charge on any atom is -0.350 e. The van der Waals surface area contributed by atoms with Crippen LogP contribution in [0.4, 0.5) is 4.79 Å². The molecule has 1 aromatic carbocycles. The number of carbonyl (C=O) groups excluding carboxylic acids is 3. The second-order valence-electron chi connectivity index (χ2n) is 6.75. The third-order valence-electron chi connectivity index (χ3n) is 3.51. The molecular formula is C16H20ClN3O3. The van der Waals surface area contributed by atoms with Gasteiger partial charge in [-0.25, -0.2) is 4.79 Å². The van der Waals surface area contributed by atoms with E-state index in [1.807, 2.05) is 20.8 Å². The van der Waals surface area contributed by atoms with Crippen LogP contribution in [0.2, 0.25) is 5.02 Å². The van der Waals surface area contributed by atoms with Crippen molar-refractivity contribution in [2.75, 3.05) is 6.54 Å². The van der Waals surface area contributed by atoms with Crippen LogP contribution in [0.25, 0.3) is 0 Å². The molecule has 1 unspecified atom stereocenters. The molecule has 1 fully saturated rings. The zero-order chi connectivity index (χ0) is 17.4. The van der Waals surface area contributed by atoms with E-state index in [1.165, 1.54) is 0 Å². The van der Waals surface area contributed by atoms with Crippen LogP contribution in [0.3, 0.4) is 0 Å². The Bertz CT molecular complexity index is 652. The van der Waals surface area contributed by atoms with Gasteiger partial charge in [-0.3, -0.25) is 14.5 Å². The number of carbonyl (C=O) groups is 3. The Kier molecular flexibility index (Phi) is 4.39. The zero-order valence-electron chi connectivity index (χ0n) is 13.6. The van der Waals surface area contributed by atoms with Crippen molar-refractivity contribution in [1.82, 2.24) is 15.5 Å². The van der Waals surface area contributed by atoms with Crippen LogP contribution in [0.1, 0.15) is 33.3 Å². The molecule has 6 nitrogen and oxygen atoms in total. The summed E-state index contributed by atoms with van der Waals surface area (Å²) >= 11 is 5.85. The Hall–Kier alpha value is -2.08. The molecule has 0 saturated carbocycles. The molecule has 1 atom stereocenters. The van der Waals surface area contributed by atoms with E-state index >= 15 is 0 Å². The van der Waals surface area contributed by atoms with Crippen molar-refractivity contribution in [3.63, 3.8) is 0 Å².